The summed E-state index contributed by atoms with van der Waals surface area (Å²) in [5.41, 5.74) is 0. The Morgan fingerprint density at radius 1 is 1.19 bits per heavy atom. The first-order valence-corrected chi connectivity index (χ1v) is 8.26. The van der Waals surface area contributed by atoms with E-state index in [4.69, 9.17) is 0 Å². The van der Waals surface area contributed by atoms with Crippen molar-refractivity contribution in [1.29, 1.82) is 0 Å². The molecule has 90 valence electrons. The van der Waals surface area contributed by atoms with E-state index < -0.39 is 0 Å². The van der Waals surface area contributed by atoms with Gasteiger partial charge < -0.3 is 0 Å². The molecular formula is C14H24BI. The average molecular weight is 330 g/mol. The van der Waals surface area contributed by atoms with Crippen LogP contribution in [0.3, 0.4) is 0 Å². The molecule has 2 aliphatic heterocycles. The van der Waals surface area contributed by atoms with Crippen molar-refractivity contribution in [2.75, 3.05) is 0 Å². The quantitative estimate of drug-likeness (QED) is 0.356. The highest BCUT2D eigenvalue weighted by Gasteiger charge is 2.40. The summed E-state index contributed by atoms with van der Waals surface area (Å²) in [5, 5.41) is 0. The third-order valence-corrected chi connectivity index (χ3v) is 5.69. The van der Waals surface area contributed by atoms with E-state index >= 15 is 0 Å². The Morgan fingerprint density at radius 3 is 2.25 bits per heavy atom. The fraction of sp³-hybridized carbons (Fsp3) is 0.857. The zero-order valence-corrected chi connectivity index (χ0v) is 12.7. The van der Waals surface area contributed by atoms with E-state index in [1.807, 2.05) is 0 Å². The summed E-state index contributed by atoms with van der Waals surface area (Å²) >= 11 is 2.65. The monoisotopic (exact) mass is 330 g/mol. The Labute approximate surface area is 115 Å². The third kappa shape index (κ3) is 3.05. The lowest BCUT2D eigenvalue weighted by molar-refractivity contribution is 0.447. The summed E-state index contributed by atoms with van der Waals surface area (Å²) in [7, 11) is 0. The smallest absolute Gasteiger partial charge is 0.0842 e. The molecular weight excluding hydrogens is 306 g/mol. The van der Waals surface area contributed by atoms with Gasteiger partial charge in [0.15, 0.2) is 6.71 Å². The van der Waals surface area contributed by atoms with Gasteiger partial charge in [-0.15, -0.1) is 0 Å². The maximum Gasteiger partial charge on any atom is 0.189 e. The minimum atomic E-state index is 0.958. The minimum absolute atomic E-state index is 0.958. The molecule has 0 unspecified atom stereocenters. The second-order valence-electron chi connectivity index (χ2n) is 5.64. The molecule has 2 heterocycles. The molecule has 2 rings (SSSR count). The van der Waals surface area contributed by atoms with E-state index in [9.17, 15) is 0 Å². The van der Waals surface area contributed by atoms with Crippen LogP contribution >= 0.6 is 22.6 Å². The number of fused-ring (bicyclic) bond motifs is 2. The van der Waals surface area contributed by atoms with Crippen LogP contribution in [-0.4, -0.2) is 6.71 Å². The summed E-state index contributed by atoms with van der Waals surface area (Å²) in [6.45, 7) is 3.25. The van der Waals surface area contributed by atoms with Crippen LogP contribution in [0.1, 0.15) is 64.7 Å². The number of allylic oxidation sites excluding steroid dienone is 1. The molecule has 2 heteroatoms. The summed E-state index contributed by atoms with van der Waals surface area (Å²) in [6.07, 6.45) is 15.6. The summed E-state index contributed by atoms with van der Waals surface area (Å²) in [4.78, 5) is 0. The standard InChI is InChI=1S/C14H24BI/c1-2-3-4-11-14(16)15-12-7-5-8-13(15)10-6-9-12/h11-13H,2-10H2,1H3/b14-11-. The van der Waals surface area contributed by atoms with Gasteiger partial charge in [0.1, 0.15) is 0 Å². The van der Waals surface area contributed by atoms with E-state index in [1.54, 1.807) is 3.48 Å². The molecule has 0 aliphatic carbocycles. The van der Waals surface area contributed by atoms with E-state index in [2.05, 4.69) is 35.6 Å². The van der Waals surface area contributed by atoms with Crippen LogP contribution in [0.15, 0.2) is 9.56 Å². The Kier molecular flexibility index (Phi) is 5.24. The van der Waals surface area contributed by atoms with E-state index in [0.29, 0.717) is 0 Å². The number of unbranched alkanes of at least 4 members (excludes halogenated alkanes) is 2. The van der Waals surface area contributed by atoms with Crippen LogP contribution in [0.4, 0.5) is 0 Å². The van der Waals surface area contributed by atoms with Crippen LogP contribution in [0, 0.1) is 0 Å². The molecule has 16 heavy (non-hydrogen) atoms. The fourth-order valence-corrected chi connectivity index (χ4v) is 5.04. The van der Waals surface area contributed by atoms with E-state index in [-0.39, 0.29) is 0 Å². The van der Waals surface area contributed by atoms with Crippen molar-refractivity contribution < 1.29 is 0 Å². The molecule has 0 aromatic carbocycles. The lowest BCUT2D eigenvalue weighted by atomic mass is 9.27. The van der Waals surface area contributed by atoms with Crippen molar-refractivity contribution in [3.63, 3.8) is 0 Å². The maximum absolute atomic E-state index is 2.65. The van der Waals surface area contributed by atoms with Crippen molar-refractivity contribution >= 4 is 29.3 Å². The van der Waals surface area contributed by atoms with Crippen LogP contribution in [-0.2, 0) is 0 Å². The normalized spacial score (nSPS) is 30.6. The fourth-order valence-electron chi connectivity index (χ4n) is 3.71. The Balaban J connectivity index is 1.98. The molecule has 0 spiro atoms. The van der Waals surface area contributed by atoms with Gasteiger partial charge in [0, 0.05) is 0 Å². The van der Waals surface area contributed by atoms with E-state index in [0.717, 1.165) is 18.3 Å². The first kappa shape index (κ1) is 13.0. The molecule has 0 saturated carbocycles. The average Bonchev–Trinajstić information content (AvgIpc) is 2.28. The van der Waals surface area contributed by atoms with Gasteiger partial charge >= 0.3 is 0 Å². The Bertz CT molecular complexity index is 227. The van der Waals surface area contributed by atoms with Gasteiger partial charge in [0.25, 0.3) is 0 Å². The van der Waals surface area contributed by atoms with Crippen molar-refractivity contribution in [1.82, 2.24) is 0 Å². The van der Waals surface area contributed by atoms with Gasteiger partial charge in [-0.25, -0.2) is 0 Å². The largest absolute Gasteiger partial charge is 0.189 e. The number of halogens is 1. The highest BCUT2D eigenvalue weighted by molar-refractivity contribution is 14.1. The Morgan fingerprint density at radius 2 is 1.75 bits per heavy atom. The molecule has 0 N–H and O–H groups in total. The molecule has 2 aliphatic rings. The molecule has 0 aromatic rings. The zero-order chi connectivity index (χ0) is 11.4. The highest BCUT2D eigenvalue weighted by Crippen LogP contribution is 2.49. The molecule has 2 fully saturated rings. The molecule has 0 radical (unpaired) electrons. The first-order chi connectivity index (χ1) is 7.83. The van der Waals surface area contributed by atoms with Crippen LogP contribution < -0.4 is 0 Å². The van der Waals surface area contributed by atoms with Crippen molar-refractivity contribution in [3.05, 3.63) is 9.56 Å². The van der Waals surface area contributed by atoms with Crippen LogP contribution in [0.2, 0.25) is 11.6 Å². The molecule has 0 amide bonds. The van der Waals surface area contributed by atoms with Gasteiger partial charge in [0.2, 0.25) is 0 Å². The van der Waals surface area contributed by atoms with Crippen LogP contribution in [0.25, 0.3) is 0 Å². The minimum Gasteiger partial charge on any atom is -0.0842 e. The second-order valence-corrected chi connectivity index (χ2v) is 6.88. The van der Waals surface area contributed by atoms with Crippen molar-refractivity contribution in [3.8, 4) is 0 Å². The van der Waals surface area contributed by atoms with Gasteiger partial charge in [-0.05, 0) is 9.90 Å². The summed E-state index contributed by atoms with van der Waals surface area (Å²) < 4.78 is 1.71. The lowest BCUT2D eigenvalue weighted by Gasteiger charge is -2.40. The molecule has 2 bridgehead atoms. The van der Waals surface area contributed by atoms with Gasteiger partial charge in [-0.2, -0.15) is 0 Å². The molecule has 0 nitrogen and oxygen atoms in total. The first-order valence-electron chi connectivity index (χ1n) is 7.18. The number of hydrogen-bond acceptors (Lipinski definition) is 0. The van der Waals surface area contributed by atoms with Gasteiger partial charge in [-0.3, -0.25) is 0 Å². The van der Waals surface area contributed by atoms with Gasteiger partial charge in [0.05, 0.1) is 0 Å². The summed E-state index contributed by atoms with van der Waals surface area (Å²) in [6, 6.07) is 0. The third-order valence-electron chi connectivity index (χ3n) is 4.53. The summed E-state index contributed by atoms with van der Waals surface area (Å²) in [5.74, 6) is 2.08. The number of hydrogen-bond donors (Lipinski definition) is 0. The van der Waals surface area contributed by atoms with E-state index in [1.165, 1.54) is 57.8 Å². The SMILES string of the molecule is CCCC/C=C(\I)B1C2CCCC1CCC2. The topological polar surface area (TPSA) is 0 Å². The second kappa shape index (κ2) is 6.46. The Hall–Kier alpha value is 0.535. The predicted octanol–water partition coefficient (Wildman–Crippen LogP) is 5.64. The van der Waals surface area contributed by atoms with Crippen LogP contribution in [0.5, 0.6) is 0 Å². The zero-order valence-electron chi connectivity index (χ0n) is 10.6. The molecule has 0 aromatic heterocycles. The van der Waals surface area contributed by atoms with Crippen molar-refractivity contribution in [2.24, 2.45) is 0 Å². The molecule has 0 atom stereocenters. The maximum atomic E-state index is 2.65. The highest BCUT2D eigenvalue weighted by atomic mass is 127. The molecule has 2 saturated heterocycles. The van der Waals surface area contributed by atoms with Gasteiger partial charge in [-0.1, -0.05) is 98.6 Å². The predicted molar refractivity (Wildman–Crippen MR) is 82.6 cm³/mol. The number of rotatable bonds is 4. The van der Waals surface area contributed by atoms with Crippen molar-refractivity contribution in [2.45, 2.75) is 76.3 Å². The lowest BCUT2D eigenvalue weighted by Crippen LogP contribution is -2.35.